The summed E-state index contributed by atoms with van der Waals surface area (Å²) < 4.78 is 0. The van der Waals surface area contributed by atoms with Crippen molar-refractivity contribution in [1.29, 1.82) is 0 Å². The van der Waals surface area contributed by atoms with E-state index in [2.05, 4.69) is 17.4 Å². The highest BCUT2D eigenvalue weighted by atomic mass is 35.5. The van der Waals surface area contributed by atoms with E-state index in [9.17, 15) is 9.59 Å². The molecule has 0 radical (unpaired) electrons. The molecule has 0 heterocycles. The molecule has 0 saturated carbocycles. The highest BCUT2D eigenvalue weighted by Gasteiger charge is 2.13. The monoisotopic (exact) mass is 375 g/mol. The fourth-order valence-corrected chi connectivity index (χ4v) is 2.68. The van der Waals surface area contributed by atoms with Crippen LogP contribution in [0.15, 0.2) is 54.6 Å². The maximum atomic E-state index is 12.4. The lowest BCUT2D eigenvalue weighted by Crippen LogP contribution is -2.38. The van der Waals surface area contributed by atoms with E-state index < -0.39 is 0 Å². The Morgan fingerprint density at radius 2 is 1.65 bits per heavy atom. The van der Waals surface area contributed by atoms with E-state index >= 15 is 0 Å². The van der Waals surface area contributed by atoms with E-state index in [1.165, 1.54) is 12.5 Å². The van der Waals surface area contributed by atoms with Gasteiger partial charge in [-0.15, -0.1) is 12.4 Å². The molecule has 0 atom stereocenters. The second kappa shape index (κ2) is 11.4. The number of benzene rings is 2. The van der Waals surface area contributed by atoms with Gasteiger partial charge in [-0.1, -0.05) is 42.5 Å². The summed E-state index contributed by atoms with van der Waals surface area (Å²) in [5.74, 6) is -0.214. The first-order valence-corrected chi connectivity index (χ1v) is 8.46. The van der Waals surface area contributed by atoms with E-state index in [1.807, 2.05) is 23.1 Å². The molecule has 0 unspecified atom stereocenters. The number of carbonyl (C=O) groups is 2. The van der Waals surface area contributed by atoms with E-state index in [1.54, 1.807) is 24.3 Å². The predicted octanol–water partition coefficient (Wildman–Crippen LogP) is 2.75. The van der Waals surface area contributed by atoms with Gasteiger partial charge in [0.25, 0.3) is 0 Å². The number of hydrogen-bond acceptors (Lipinski definition) is 4. The molecule has 0 spiro atoms. The Bertz CT molecular complexity index is 707. The van der Waals surface area contributed by atoms with Crippen molar-refractivity contribution < 1.29 is 9.59 Å². The van der Waals surface area contributed by atoms with Crippen molar-refractivity contribution in [2.24, 2.45) is 5.73 Å². The van der Waals surface area contributed by atoms with Gasteiger partial charge in [-0.25, -0.2) is 0 Å². The molecule has 140 valence electrons. The largest absolute Gasteiger partial charge is 0.329 e. The quantitative estimate of drug-likeness (QED) is 0.661. The van der Waals surface area contributed by atoms with Crippen LogP contribution in [0, 0.1) is 0 Å². The van der Waals surface area contributed by atoms with Gasteiger partial charge in [0.15, 0.2) is 5.78 Å². The Balaban J connectivity index is 0.00000338. The van der Waals surface area contributed by atoms with Crippen LogP contribution in [0.5, 0.6) is 0 Å². The summed E-state index contributed by atoms with van der Waals surface area (Å²) in [6.07, 6.45) is 0.859. The Labute approximate surface area is 161 Å². The summed E-state index contributed by atoms with van der Waals surface area (Å²) in [6, 6.07) is 17.2. The number of Topliss-reactive ketones (excluding diaryl/α,β-unsaturated/α-hetero) is 1. The van der Waals surface area contributed by atoms with Crippen molar-refractivity contribution in [3.63, 3.8) is 0 Å². The summed E-state index contributed by atoms with van der Waals surface area (Å²) in [5, 5.41) is 2.84. The predicted molar refractivity (Wildman–Crippen MR) is 108 cm³/mol. The second-order valence-corrected chi connectivity index (χ2v) is 5.95. The van der Waals surface area contributed by atoms with Crippen molar-refractivity contribution in [1.82, 2.24) is 4.90 Å². The maximum Gasteiger partial charge on any atom is 0.238 e. The van der Waals surface area contributed by atoms with E-state index in [0.717, 1.165) is 13.0 Å². The molecule has 0 fully saturated rings. The molecule has 0 aromatic heterocycles. The number of halogens is 1. The number of nitrogens with two attached hydrogens (primary N) is 1. The minimum absolute atomic E-state index is 0. The molecule has 0 aliphatic rings. The second-order valence-electron chi connectivity index (χ2n) is 5.95. The lowest BCUT2D eigenvalue weighted by Gasteiger charge is -2.21. The molecule has 0 bridgehead atoms. The number of para-hydroxylation sites is 1. The van der Waals surface area contributed by atoms with Gasteiger partial charge in [0.2, 0.25) is 5.91 Å². The molecule has 2 rings (SSSR count). The van der Waals surface area contributed by atoms with Gasteiger partial charge in [0, 0.05) is 25.2 Å². The zero-order valence-corrected chi connectivity index (χ0v) is 15.8. The highest BCUT2D eigenvalue weighted by molar-refractivity contribution is 6.04. The lowest BCUT2D eigenvalue weighted by molar-refractivity contribution is -0.117. The summed E-state index contributed by atoms with van der Waals surface area (Å²) in [7, 11) is 0. The number of amides is 1. The molecule has 2 aromatic carbocycles. The van der Waals surface area contributed by atoms with Crippen LogP contribution < -0.4 is 11.1 Å². The molecule has 26 heavy (non-hydrogen) atoms. The topological polar surface area (TPSA) is 75.4 Å². The highest BCUT2D eigenvalue weighted by Crippen LogP contribution is 2.15. The fraction of sp³-hybridized carbons (Fsp3) is 0.300. The van der Waals surface area contributed by atoms with Crippen molar-refractivity contribution >= 4 is 29.8 Å². The first-order valence-electron chi connectivity index (χ1n) is 8.46. The third-order valence-electron chi connectivity index (χ3n) is 3.95. The summed E-state index contributed by atoms with van der Waals surface area (Å²) in [4.78, 5) is 26.1. The molecule has 1 amide bonds. The normalized spacial score (nSPS) is 10.3. The van der Waals surface area contributed by atoms with Crippen molar-refractivity contribution in [3.8, 4) is 0 Å². The lowest BCUT2D eigenvalue weighted by atomic mass is 10.1. The zero-order chi connectivity index (χ0) is 18.1. The van der Waals surface area contributed by atoms with Crippen LogP contribution >= 0.6 is 12.4 Å². The molecular formula is C20H26ClN3O2. The average molecular weight is 376 g/mol. The molecule has 0 saturated heterocycles. The standard InChI is InChI=1S/C20H25N3O2.ClH/c1-16(24)18-9-5-6-10-19(18)22-20(25)15-23(14-12-21)13-11-17-7-3-2-4-8-17;/h2-10H,11-15,21H2,1H3,(H,22,25);1H. The molecule has 0 aliphatic carbocycles. The summed E-state index contributed by atoms with van der Waals surface area (Å²) in [6.45, 7) is 3.63. The molecular weight excluding hydrogens is 350 g/mol. The number of carbonyl (C=O) groups excluding carboxylic acids is 2. The number of ketones is 1. The molecule has 0 aliphatic heterocycles. The first kappa shape index (κ1) is 21.8. The van der Waals surface area contributed by atoms with E-state index in [4.69, 9.17) is 5.73 Å². The van der Waals surface area contributed by atoms with Crippen LogP contribution in [0.1, 0.15) is 22.8 Å². The van der Waals surface area contributed by atoms with Crippen molar-refractivity contribution in [2.45, 2.75) is 13.3 Å². The van der Waals surface area contributed by atoms with Gasteiger partial charge in [0.1, 0.15) is 0 Å². The third kappa shape index (κ3) is 6.96. The summed E-state index contributed by atoms with van der Waals surface area (Å²) >= 11 is 0. The number of nitrogens with one attached hydrogen (secondary N) is 1. The third-order valence-corrected chi connectivity index (χ3v) is 3.95. The van der Waals surface area contributed by atoms with Gasteiger partial charge in [-0.05, 0) is 31.0 Å². The first-order chi connectivity index (χ1) is 12.1. The Morgan fingerprint density at radius 3 is 2.31 bits per heavy atom. The van der Waals surface area contributed by atoms with Crippen LogP contribution in [-0.2, 0) is 11.2 Å². The number of nitrogens with zero attached hydrogens (tertiary/aromatic N) is 1. The number of hydrogen-bond donors (Lipinski definition) is 2. The Hall–Kier alpha value is -2.21. The van der Waals surface area contributed by atoms with E-state index in [-0.39, 0.29) is 30.6 Å². The number of anilines is 1. The fourth-order valence-electron chi connectivity index (χ4n) is 2.68. The average Bonchev–Trinajstić information content (AvgIpc) is 2.61. The van der Waals surface area contributed by atoms with Gasteiger partial charge in [-0.3, -0.25) is 14.5 Å². The minimum atomic E-state index is -0.143. The summed E-state index contributed by atoms with van der Waals surface area (Å²) in [5.41, 5.74) is 7.97. The van der Waals surface area contributed by atoms with Gasteiger partial charge < -0.3 is 11.1 Å². The van der Waals surface area contributed by atoms with E-state index in [0.29, 0.717) is 24.3 Å². The van der Waals surface area contributed by atoms with Crippen LogP contribution in [-0.4, -0.2) is 42.8 Å². The van der Waals surface area contributed by atoms with Crippen LogP contribution in [0.3, 0.4) is 0 Å². The smallest absolute Gasteiger partial charge is 0.238 e. The molecule has 3 N–H and O–H groups in total. The van der Waals surface area contributed by atoms with Gasteiger partial charge in [0.05, 0.1) is 12.2 Å². The Kier molecular flexibility index (Phi) is 9.58. The molecule has 6 heteroatoms. The Morgan fingerprint density at radius 1 is 1.00 bits per heavy atom. The van der Waals surface area contributed by atoms with Gasteiger partial charge >= 0.3 is 0 Å². The molecule has 5 nitrogen and oxygen atoms in total. The minimum Gasteiger partial charge on any atom is -0.329 e. The number of rotatable bonds is 9. The van der Waals surface area contributed by atoms with Crippen LogP contribution in [0.25, 0.3) is 0 Å². The van der Waals surface area contributed by atoms with Crippen molar-refractivity contribution in [2.75, 3.05) is 31.5 Å². The van der Waals surface area contributed by atoms with Crippen LogP contribution in [0.4, 0.5) is 5.69 Å². The van der Waals surface area contributed by atoms with Gasteiger partial charge in [-0.2, -0.15) is 0 Å². The van der Waals surface area contributed by atoms with Crippen LogP contribution in [0.2, 0.25) is 0 Å². The molecule has 2 aromatic rings. The zero-order valence-electron chi connectivity index (χ0n) is 15.0. The maximum absolute atomic E-state index is 12.4. The van der Waals surface area contributed by atoms with Crippen molar-refractivity contribution in [3.05, 3.63) is 65.7 Å². The SMILES string of the molecule is CC(=O)c1ccccc1NC(=O)CN(CCN)CCc1ccccc1.Cl.